The van der Waals surface area contributed by atoms with E-state index in [1.807, 2.05) is 55.5 Å². The SMILES string of the molecule is Cc1cccc(C(=O)Nc2ccc(NCCc3ccccc3)nc2)c1. The lowest BCUT2D eigenvalue weighted by molar-refractivity contribution is 0.102. The first-order valence-electron chi connectivity index (χ1n) is 8.32. The Morgan fingerprint density at radius 3 is 2.56 bits per heavy atom. The first kappa shape index (κ1) is 16.7. The minimum atomic E-state index is -0.129. The summed E-state index contributed by atoms with van der Waals surface area (Å²) < 4.78 is 0. The van der Waals surface area contributed by atoms with E-state index >= 15 is 0 Å². The molecule has 126 valence electrons. The Morgan fingerprint density at radius 1 is 1.00 bits per heavy atom. The van der Waals surface area contributed by atoms with Crippen molar-refractivity contribution >= 4 is 17.4 Å². The van der Waals surface area contributed by atoms with Crippen molar-refractivity contribution in [1.82, 2.24) is 4.98 Å². The van der Waals surface area contributed by atoms with Crippen LogP contribution in [0.2, 0.25) is 0 Å². The molecule has 2 aromatic carbocycles. The number of nitrogens with zero attached hydrogens (tertiary/aromatic N) is 1. The number of benzene rings is 2. The average Bonchev–Trinajstić information content (AvgIpc) is 2.64. The lowest BCUT2D eigenvalue weighted by atomic mass is 10.1. The minimum absolute atomic E-state index is 0.129. The number of pyridine rings is 1. The molecule has 25 heavy (non-hydrogen) atoms. The van der Waals surface area contributed by atoms with Gasteiger partial charge >= 0.3 is 0 Å². The van der Waals surface area contributed by atoms with Crippen LogP contribution in [0.4, 0.5) is 11.5 Å². The molecule has 0 fully saturated rings. The summed E-state index contributed by atoms with van der Waals surface area (Å²) in [6.07, 6.45) is 2.60. The second kappa shape index (κ2) is 8.11. The van der Waals surface area contributed by atoms with Gasteiger partial charge < -0.3 is 10.6 Å². The van der Waals surface area contributed by atoms with E-state index in [2.05, 4.69) is 27.8 Å². The fraction of sp³-hybridized carbons (Fsp3) is 0.143. The van der Waals surface area contributed by atoms with E-state index in [9.17, 15) is 4.79 Å². The van der Waals surface area contributed by atoms with Gasteiger partial charge in [-0.1, -0.05) is 48.0 Å². The van der Waals surface area contributed by atoms with Crippen molar-refractivity contribution < 1.29 is 4.79 Å². The molecule has 0 aliphatic rings. The number of aromatic nitrogens is 1. The Hall–Kier alpha value is -3.14. The van der Waals surface area contributed by atoms with Gasteiger partial charge in [0.25, 0.3) is 5.91 Å². The molecular formula is C21H21N3O. The Labute approximate surface area is 147 Å². The number of carbonyl (C=O) groups is 1. The van der Waals surface area contributed by atoms with Crippen LogP contribution in [0.15, 0.2) is 72.9 Å². The van der Waals surface area contributed by atoms with E-state index < -0.39 is 0 Å². The third-order valence-corrected chi connectivity index (χ3v) is 3.86. The van der Waals surface area contributed by atoms with E-state index in [0.717, 1.165) is 24.3 Å². The van der Waals surface area contributed by atoms with Gasteiger partial charge in [0.1, 0.15) is 5.82 Å². The third kappa shape index (κ3) is 4.91. The van der Waals surface area contributed by atoms with Crippen molar-refractivity contribution in [3.05, 3.63) is 89.6 Å². The Bertz CT molecular complexity index is 829. The molecule has 0 saturated heterocycles. The monoisotopic (exact) mass is 331 g/mol. The van der Waals surface area contributed by atoms with Crippen LogP contribution in [0.1, 0.15) is 21.5 Å². The summed E-state index contributed by atoms with van der Waals surface area (Å²) in [6, 6.07) is 21.6. The second-order valence-electron chi connectivity index (χ2n) is 5.92. The van der Waals surface area contributed by atoms with Crippen LogP contribution >= 0.6 is 0 Å². The summed E-state index contributed by atoms with van der Waals surface area (Å²) in [5, 5.41) is 6.15. The van der Waals surface area contributed by atoms with Gasteiger partial charge in [0, 0.05) is 12.1 Å². The van der Waals surface area contributed by atoms with Crippen molar-refractivity contribution in [1.29, 1.82) is 0 Å². The summed E-state index contributed by atoms with van der Waals surface area (Å²) in [5.41, 5.74) is 3.67. The van der Waals surface area contributed by atoms with E-state index in [-0.39, 0.29) is 5.91 Å². The molecular weight excluding hydrogens is 310 g/mol. The summed E-state index contributed by atoms with van der Waals surface area (Å²) in [5.74, 6) is 0.666. The maximum atomic E-state index is 12.2. The Kier molecular flexibility index (Phi) is 5.42. The molecule has 0 atom stereocenters. The van der Waals surface area contributed by atoms with Crippen molar-refractivity contribution in [2.45, 2.75) is 13.3 Å². The van der Waals surface area contributed by atoms with Crippen molar-refractivity contribution in [2.75, 3.05) is 17.2 Å². The number of hydrogen-bond donors (Lipinski definition) is 2. The first-order chi connectivity index (χ1) is 12.2. The fourth-order valence-corrected chi connectivity index (χ4v) is 2.54. The van der Waals surface area contributed by atoms with E-state index in [1.165, 1.54) is 5.56 Å². The molecule has 3 rings (SSSR count). The quantitative estimate of drug-likeness (QED) is 0.708. The summed E-state index contributed by atoms with van der Waals surface area (Å²) >= 11 is 0. The number of aryl methyl sites for hydroxylation is 1. The number of carbonyl (C=O) groups excluding carboxylic acids is 1. The molecule has 3 aromatic rings. The fourth-order valence-electron chi connectivity index (χ4n) is 2.54. The predicted molar refractivity (Wildman–Crippen MR) is 102 cm³/mol. The molecule has 0 saturated carbocycles. The van der Waals surface area contributed by atoms with E-state index in [4.69, 9.17) is 0 Å². The third-order valence-electron chi connectivity index (χ3n) is 3.86. The zero-order valence-corrected chi connectivity index (χ0v) is 14.2. The second-order valence-corrected chi connectivity index (χ2v) is 5.92. The molecule has 0 aliphatic heterocycles. The zero-order chi connectivity index (χ0) is 17.5. The van der Waals surface area contributed by atoms with Gasteiger partial charge in [-0.05, 0) is 43.2 Å². The van der Waals surface area contributed by atoms with E-state index in [0.29, 0.717) is 11.3 Å². The number of rotatable bonds is 6. The Morgan fingerprint density at radius 2 is 1.84 bits per heavy atom. The molecule has 1 amide bonds. The van der Waals surface area contributed by atoms with Crippen LogP contribution in [0.3, 0.4) is 0 Å². The van der Waals surface area contributed by atoms with Gasteiger partial charge in [-0.3, -0.25) is 4.79 Å². The highest BCUT2D eigenvalue weighted by molar-refractivity contribution is 6.04. The van der Waals surface area contributed by atoms with Crippen molar-refractivity contribution in [2.24, 2.45) is 0 Å². The molecule has 0 bridgehead atoms. The van der Waals surface area contributed by atoms with Gasteiger partial charge in [-0.2, -0.15) is 0 Å². The summed E-state index contributed by atoms with van der Waals surface area (Å²) in [6.45, 7) is 2.78. The molecule has 2 N–H and O–H groups in total. The number of anilines is 2. The van der Waals surface area contributed by atoms with Gasteiger partial charge in [0.2, 0.25) is 0 Å². The topological polar surface area (TPSA) is 54.0 Å². The maximum absolute atomic E-state index is 12.2. The molecule has 0 spiro atoms. The van der Waals surface area contributed by atoms with E-state index in [1.54, 1.807) is 12.3 Å². The molecule has 1 aromatic heterocycles. The van der Waals surface area contributed by atoms with Crippen LogP contribution < -0.4 is 10.6 Å². The molecule has 1 heterocycles. The first-order valence-corrected chi connectivity index (χ1v) is 8.32. The average molecular weight is 331 g/mol. The van der Waals surface area contributed by atoms with Crippen molar-refractivity contribution in [3.8, 4) is 0 Å². The largest absolute Gasteiger partial charge is 0.370 e. The van der Waals surface area contributed by atoms with Crippen LogP contribution in [0.25, 0.3) is 0 Å². The highest BCUT2D eigenvalue weighted by Gasteiger charge is 2.06. The van der Waals surface area contributed by atoms with Gasteiger partial charge in [0.15, 0.2) is 0 Å². The summed E-state index contributed by atoms with van der Waals surface area (Å²) in [4.78, 5) is 16.6. The van der Waals surface area contributed by atoms with Crippen LogP contribution in [0.5, 0.6) is 0 Å². The lowest BCUT2D eigenvalue weighted by Gasteiger charge is -2.08. The highest BCUT2D eigenvalue weighted by Crippen LogP contribution is 2.12. The number of nitrogens with one attached hydrogen (secondary N) is 2. The molecule has 0 unspecified atom stereocenters. The van der Waals surface area contributed by atoms with Crippen LogP contribution in [0, 0.1) is 6.92 Å². The molecule has 4 nitrogen and oxygen atoms in total. The zero-order valence-electron chi connectivity index (χ0n) is 14.2. The number of hydrogen-bond acceptors (Lipinski definition) is 3. The predicted octanol–water partition coefficient (Wildman–Crippen LogP) is 4.30. The minimum Gasteiger partial charge on any atom is -0.370 e. The molecule has 4 heteroatoms. The lowest BCUT2D eigenvalue weighted by Crippen LogP contribution is -2.12. The van der Waals surface area contributed by atoms with Crippen LogP contribution in [-0.2, 0) is 6.42 Å². The molecule has 0 radical (unpaired) electrons. The van der Waals surface area contributed by atoms with Gasteiger partial charge in [-0.25, -0.2) is 4.98 Å². The maximum Gasteiger partial charge on any atom is 0.255 e. The van der Waals surface area contributed by atoms with Gasteiger partial charge in [0.05, 0.1) is 11.9 Å². The Balaban J connectivity index is 1.52. The van der Waals surface area contributed by atoms with Crippen LogP contribution in [-0.4, -0.2) is 17.4 Å². The summed E-state index contributed by atoms with van der Waals surface area (Å²) in [7, 11) is 0. The number of amides is 1. The molecule has 0 aliphatic carbocycles. The normalized spacial score (nSPS) is 10.3. The standard InChI is InChI=1S/C21H21N3O/c1-16-6-5-9-18(14-16)21(25)24-19-10-11-20(23-15-19)22-13-12-17-7-3-2-4-8-17/h2-11,14-15H,12-13H2,1H3,(H,22,23)(H,24,25). The highest BCUT2D eigenvalue weighted by atomic mass is 16.1. The van der Waals surface area contributed by atoms with Crippen molar-refractivity contribution in [3.63, 3.8) is 0 Å². The smallest absolute Gasteiger partial charge is 0.255 e. The van der Waals surface area contributed by atoms with Gasteiger partial charge in [-0.15, -0.1) is 0 Å².